The van der Waals surface area contributed by atoms with Crippen molar-refractivity contribution in [2.24, 2.45) is 0 Å². The fourth-order valence-corrected chi connectivity index (χ4v) is 0.809. The highest BCUT2D eigenvalue weighted by Gasteiger charge is 2.11. The second-order valence-corrected chi connectivity index (χ2v) is 2.56. The van der Waals surface area contributed by atoms with Crippen molar-refractivity contribution in [1.29, 1.82) is 0 Å². The maximum atomic E-state index is 10.9. The van der Waals surface area contributed by atoms with Crippen LogP contribution < -0.4 is 0 Å². The van der Waals surface area contributed by atoms with Crippen molar-refractivity contribution in [2.45, 2.75) is 39.4 Å². The van der Waals surface area contributed by atoms with E-state index >= 15 is 0 Å². The monoisotopic (exact) mass is 174 g/mol. The van der Waals surface area contributed by atoms with E-state index in [0.29, 0.717) is 6.42 Å². The van der Waals surface area contributed by atoms with Crippen LogP contribution in [0.4, 0.5) is 0 Å². The van der Waals surface area contributed by atoms with Gasteiger partial charge < -0.3 is 9.84 Å². The number of aliphatic hydroxyl groups is 1. The predicted molar refractivity (Wildman–Crippen MR) is 42.3 cm³/mol. The first-order valence-electron chi connectivity index (χ1n) is 3.93. The van der Waals surface area contributed by atoms with E-state index in [1.807, 2.05) is 6.92 Å². The molecule has 12 heavy (non-hydrogen) atoms. The number of carbonyl (C=O) groups is 2. The number of ether oxygens (including phenoxy) is 1. The predicted octanol–water partition coefficient (Wildman–Crippen LogP) is 0.627. The van der Waals surface area contributed by atoms with Gasteiger partial charge in [-0.25, -0.2) is 0 Å². The summed E-state index contributed by atoms with van der Waals surface area (Å²) in [4.78, 5) is 21.2. The second-order valence-electron chi connectivity index (χ2n) is 2.56. The minimum atomic E-state index is -1.28. The molecule has 0 aliphatic rings. The Balaban J connectivity index is 3.61. The van der Waals surface area contributed by atoms with Gasteiger partial charge in [-0.3, -0.25) is 9.59 Å². The Morgan fingerprint density at radius 2 is 2.08 bits per heavy atom. The van der Waals surface area contributed by atoms with E-state index in [-0.39, 0.29) is 12.2 Å². The molecule has 4 heteroatoms. The number of aliphatic hydroxyl groups excluding tert-OH is 1. The molecule has 0 bridgehead atoms. The number of carbonyl (C=O) groups excluding carboxylic acids is 2. The highest BCUT2D eigenvalue weighted by molar-refractivity contribution is 5.79. The number of Topliss-reactive ketones (excluding diaryl/α,β-unsaturated/α-hetero) is 1. The summed E-state index contributed by atoms with van der Waals surface area (Å²) < 4.78 is 4.36. The maximum Gasteiger partial charge on any atom is 0.304 e. The summed E-state index contributed by atoms with van der Waals surface area (Å²) in [5, 5.41) is 8.95. The molecule has 0 aromatic heterocycles. The highest BCUT2D eigenvalue weighted by atomic mass is 16.6. The van der Waals surface area contributed by atoms with E-state index in [0.717, 1.165) is 6.42 Å². The van der Waals surface area contributed by atoms with Gasteiger partial charge in [0.05, 0.1) is 6.42 Å². The molecule has 1 atom stereocenters. The van der Waals surface area contributed by atoms with E-state index in [1.54, 1.807) is 0 Å². The summed E-state index contributed by atoms with van der Waals surface area (Å²) >= 11 is 0. The fourth-order valence-electron chi connectivity index (χ4n) is 0.809. The van der Waals surface area contributed by atoms with E-state index in [1.165, 1.54) is 6.92 Å². The molecule has 0 fully saturated rings. The minimum Gasteiger partial charge on any atom is -0.436 e. The first-order valence-corrected chi connectivity index (χ1v) is 3.93. The topological polar surface area (TPSA) is 63.6 Å². The number of esters is 1. The van der Waals surface area contributed by atoms with Gasteiger partial charge in [-0.05, 0) is 6.42 Å². The molecule has 0 radical (unpaired) electrons. The summed E-state index contributed by atoms with van der Waals surface area (Å²) in [6.45, 7) is 3.06. The molecule has 0 spiro atoms. The van der Waals surface area contributed by atoms with Crippen LogP contribution in [-0.4, -0.2) is 23.1 Å². The summed E-state index contributed by atoms with van der Waals surface area (Å²) in [5.74, 6) is -0.668. The van der Waals surface area contributed by atoms with Gasteiger partial charge in [0.1, 0.15) is 5.78 Å². The molecule has 0 heterocycles. The molecule has 0 amide bonds. The molecule has 0 saturated heterocycles. The van der Waals surface area contributed by atoms with Crippen molar-refractivity contribution in [1.82, 2.24) is 0 Å². The molecule has 1 unspecified atom stereocenters. The van der Waals surface area contributed by atoms with Crippen LogP contribution in [0.3, 0.4) is 0 Å². The SMILES string of the molecule is CCCC(=O)CC(O)OC(C)=O. The van der Waals surface area contributed by atoms with Gasteiger partial charge in [0.25, 0.3) is 0 Å². The van der Waals surface area contributed by atoms with Gasteiger partial charge >= 0.3 is 5.97 Å². The highest BCUT2D eigenvalue weighted by Crippen LogP contribution is 2.00. The molecular formula is C8H14O4. The van der Waals surface area contributed by atoms with Crippen LogP contribution in [0.25, 0.3) is 0 Å². The Morgan fingerprint density at radius 1 is 1.50 bits per heavy atom. The Hall–Kier alpha value is -0.900. The van der Waals surface area contributed by atoms with Gasteiger partial charge in [-0.15, -0.1) is 0 Å². The van der Waals surface area contributed by atoms with E-state index in [9.17, 15) is 9.59 Å². The summed E-state index contributed by atoms with van der Waals surface area (Å²) in [7, 11) is 0. The normalized spacial score (nSPS) is 12.2. The Morgan fingerprint density at radius 3 is 2.50 bits per heavy atom. The van der Waals surface area contributed by atoms with Gasteiger partial charge in [-0.1, -0.05) is 6.92 Å². The standard InChI is InChI=1S/C8H14O4/c1-3-4-7(10)5-8(11)12-6(2)9/h8,11H,3-5H2,1-2H3. The quantitative estimate of drug-likeness (QED) is 0.490. The van der Waals surface area contributed by atoms with Crippen LogP contribution in [0.1, 0.15) is 33.1 Å². The van der Waals surface area contributed by atoms with Crippen molar-refractivity contribution in [3.05, 3.63) is 0 Å². The third kappa shape index (κ3) is 5.85. The van der Waals surface area contributed by atoms with Crippen LogP contribution in [0.2, 0.25) is 0 Å². The molecule has 0 saturated carbocycles. The van der Waals surface area contributed by atoms with Gasteiger partial charge in [0.15, 0.2) is 0 Å². The third-order valence-electron chi connectivity index (χ3n) is 1.23. The van der Waals surface area contributed by atoms with E-state index in [4.69, 9.17) is 5.11 Å². The van der Waals surface area contributed by atoms with Crippen molar-refractivity contribution in [3.63, 3.8) is 0 Å². The molecular weight excluding hydrogens is 160 g/mol. The Labute approximate surface area is 71.5 Å². The van der Waals surface area contributed by atoms with E-state index < -0.39 is 12.3 Å². The lowest BCUT2D eigenvalue weighted by Gasteiger charge is -2.08. The van der Waals surface area contributed by atoms with Gasteiger partial charge in [-0.2, -0.15) is 0 Å². The molecule has 0 aliphatic carbocycles. The van der Waals surface area contributed by atoms with Gasteiger partial charge in [0.2, 0.25) is 6.29 Å². The average molecular weight is 174 g/mol. The zero-order valence-electron chi connectivity index (χ0n) is 7.37. The first-order chi connectivity index (χ1) is 5.56. The number of hydrogen-bond donors (Lipinski definition) is 1. The first kappa shape index (κ1) is 11.1. The van der Waals surface area contributed by atoms with Crippen molar-refractivity contribution < 1.29 is 19.4 Å². The zero-order chi connectivity index (χ0) is 9.56. The Bertz CT molecular complexity index is 164. The molecule has 0 aliphatic heterocycles. The van der Waals surface area contributed by atoms with Crippen molar-refractivity contribution >= 4 is 11.8 Å². The third-order valence-corrected chi connectivity index (χ3v) is 1.23. The number of ketones is 1. The minimum absolute atomic E-state index is 0.0914. The molecule has 0 aromatic carbocycles. The van der Waals surface area contributed by atoms with Crippen LogP contribution in [0.5, 0.6) is 0 Å². The number of hydrogen-bond acceptors (Lipinski definition) is 4. The molecule has 0 aromatic rings. The molecule has 1 N–H and O–H groups in total. The second kappa shape index (κ2) is 5.71. The Kier molecular flexibility index (Phi) is 5.28. The van der Waals surface area contributed by atoms with Crippen LogP contribution >= 0.6 is 0 Å². The van der Waals surface area contributed by atoms with E-state index in [2.05, 4.69) is 4.74 Å². The van der Waals surface area contributed by atoms with Crippen LogP contribution in [0.15, 0.2) is 0 Å². The summed E-state index contributed by atoms with van der Waals surface area (Å²) in [6.07, 6.45) is -0.223. The van der Waals surface area contributed by atoms with Crippen LogP contribution in [0, 0.1) is 0 Å². The fraction of sp³-hybridized carbons (Fsp3) is 0.750. The van der Waals surface area contributed by atoms with Gasteiger partial charge in [0, 0.05) is 13.3 Å². The van der Waals surface area contributed by atoms with Crippen molar-refractivity contribution in [3.8, 4) is 0 Å². The van der Waals surface area contributed by atoms with Crippen LogP contribution in [-0.2, 0) is 14.3 Å². The zero-order valence-corrected chi connectivity index (χ0v) is 7.37. The largest absolute Gasteiger partial charge is 0.436 e. The van der Waals surface area contributed by atoms with Crippen molar-refractivity contribution in [2.75, 3.05) is 0 Å². The molecule has 4 nitrogen and oxygen atoms in total. The average Bonchev–Trinajstić information content (AvgIpc) is 1.84. The smallest absolute Gasteiger partial charge is 0.304 e. The summed E-state index contributed by atoms with van der Waals surface area (Å²) in [5.41, 5.74) is 0. The lowest BCUT2D eigenvalue weighted by Crippen LogP contribution is -2.19. The molecule has 0 rings (SSSR count). The number of rotatable bonds is 5. The lowest BCUT2D eigenvalue weighted by molar-refractivity contribution is -0.167. The lowest BCUT2D eigenvalue weighted by atomic mass is 10.2. The summed E-state index contributed by atoms with van der Waals surface area (Å²) in [6, 6.07) is 0. The molecule has 70 valence electrons. The maximum absolute atomic E-state index is 10.9.